The lowest BCUT2D eigenvalue weighted by atomic mass is 10.1. The Morgan fingerprint density at radius 3 is 1.32 bits per heavy atom. The molecule has 0 aliphatic heterocycles. The van der Waals surface area contributed by atoms with Crippen LogP contribution in [-0.2, 0) is 24.8 Å². The molecule has 1 unspecified atom stereocenters. The normalized spacial score (nSPS) is 12.7. The molecule has 264 valence electrons. The Kier molecular flexibility index (Phi) is 12.9. The minimum Gasteiger partial charge on any atom is -0.480 e. The van der Waals surface area contributed by atoms with Crippen LogP contribution in [0.1, 0.15) is 19.3 Å². The first-order chi connectivity index (χ1) is 23.7. The molecular formula is C34H40N8O6S2. The van der Waals surface area contributed by atoms with Crippen LogP contribution in [0.15, 0.2) is 127 Å². The van der Waals surface area contributed by atoms with Gasteiger partial charge in [0.2, 0.25) is 20.0 Å². The van der Waals surface area contributed by atoms with E-state index in [2.05, 4.69) is 29.9 Å². The molecule has 0 aliphatic carbocycles. The third-order valence-corrected chi connectivity index (χ3v) is 10.4. The number of rotatable bonds is 17. The van der Waals surface area contributed by atoms with Crippen LogP contribution in [0.5, 0.6) is 0 Å². The molecule has 0 fully saturated rings. The molecule has 3 N–H and O–H groups in total. The predicted octanol–water partition coefficient (Wildman–Crippen LogP) is 6.53. The second-order valence-electron chi connectivity index (χ2n) is 11.6. The molecule has 0 aliphatic rings. The Balaban J connectivity index is 1.24. The summed E-state index contributed by atoms with van der Waals surface area (Å²) in [6, 6.07) is 25.0. The number of benzene rings is 4. The minimum atomic E-state index is -4.17. The molecule has 1 atom stereocenters. The molecule has 0 amide bonds. The Morgan fingerprint density at radius 2 is 0.960 bits per heavy atom. The first-order valence-corrected chi connectivity index (χ1v) is 18.5. The van der Waals surface area contributed by atoms with Gasteiger partial charge < -0.3 is 14.9 Å². The van der Waals surface area contributed by atoms with Gasteiger partial charge in [0, 0.05) is 46.1 Å². The van der Waals surface area contributed by atoms with Gasteiger partial charge in [-0.1, -0.05) is 0 Å². The highest BCUT2D eigenvalue weighted by molar-refractivity contribution is 7.89. The van der Waals surface area contributed by atoms with Crippen molar-refractivity contribution < 1.29 is 26.7 Å². The summed E-state index contributed by atoms with van der Waals surface area (Å²) in [6.07, 6.45) is 0.472. The zero-order chi connectivity index (χ0) is 36.3. The van der Waals surface area contributed by atoms with Gasteiger partial charge in [0.05, 0.1) is 32.5 Å². The van der Waals surface area contributed by atoms with Crippen LogP contribution >= 0.6 is 0 Å². The molecule has 4 aromatic carbocycles. The molecule has 0 saturated carbocycles. The van der Waals surface area contributed by atoms with Crippen molar-refractivity contribution in [2.45, 2.75) is 35.1 Å². The predicted molar refractivity (Wildman–Crippen MR) is 194 cm³/mol. The molecule has 4 rings (SSSR count). The van der Waals surface area contributed by atoms with Gasteiger partial charge in [0.25, 0.3) is 0 Å². The standard InChI is InChI=1S/C34H40N8O6S2/c1-41(2)29-16-8-25(9-17-29)36-38-27-12-20-31(21-13-27)49(45,46)35-24-6-5-7-33(34(43)44)40-50(47,48)32-22-14-28(15-23-32)39-37-26-10-18-30(19-11-26)42(3)4/h8-23,33,35,40H,5-7,24H2,1-4H3,(H,43,44)/b38-36+,39-37+. The van der Waals surface area contributed by atoms with E-state index >= 15 is 0 Å². The highest BCUT2D eigenvalue weighted by Gasteiger charge is 2.25. The average molecular weight is 721 g/mol. The molecule has 4 aromatic rings. The van der Waals surface area contributed by atoms with Gasteiger partial charge in [-0.2, -0.15) is 25.2 Å². The first kappa shape index (κ1) is 37.8. The third kappa shape index (κ3) is 11.0. The van der Waals surface area contributed by atoms with E-state index in [0.29, 0.717) is 22.7 Å². The maximum Gasteiger partial charge on any atom is 0.321 e. The van der Waals surface area contributed by atoms with E-state index in [-0.39, 0.29) is 35.6 Å². The maximum absolute atomic E-state index is 12.9. The summed E-state index contributed by atoms with van der Waals surface area (Å²) in [7, 11) is -0.270. The molecule has 14 nitrogen and oxygen atoms in total. The molecule has 0 aromatic heterocycles. The number of azo groups is 2. The Hall–Kier alpha value is -5.03. The number of anilines is 2. The summed E-state index contributed by atoms with van der Waals surface area (Å²) in [6.45, 7) is 0.0294. The smallest absolute Gasteiger partial charge is 0.321 e. The van der Waals surface area contributed by atoms with Gasteiger partial charge in [-0.25, -0.2) is 21.6 Å². The minimum absolute atomic E-state index is 0.0294. The van der Waals surface area contributed by atoms with E-state index in [1.165, 1.54) is 36.4 Å². The molecule has 16 heteroatoms. The molecule has 50 heavy (non-hydrogen) atoms. The van der Waals surface area contributed by atoms with Gasteiger partial charge >= 0.3 is 5.97 Å². The van der Waals surface area contributed by atoms with Crippen LogP contribution in [0, 0.1) is 0 Å². The van der Waals surface area contributed by atoms with Crippen molar-refractivity contribution in [1.29, 1.82) is 0 Å². The topological polar surface area (TPSA) is 186 Å². The Bertz CT molecular complexity index is 2000. The lowest BCUT2D eigenvalue weighted by Crippen LogP contribution is -2.40. The highest BCUT2D eigenvalue weighted by Crippen LogP contribution is 2.24. The van der Waals surface area contributed by atoms with E-state index in [9.17, 15) is 26.7 Å². The summed E-state index contributed by atoms with van der Waals surface area (Å²) in [5, 5.41) is 26.3. The maximum atomic E-state index is 12.9. The summed E-state index contributed by atoms with van der Waals surface area (Å²) in [5.41, 5.74) is 4.21. The van der Waals surface area contributed by atoms with Gasteiger partial charge in [-0.15, -0.1) is 0 Å². The quantitative estimate of drug-likeness (QED) is 0.0812. The van der Waals surface area contributed by atoms with Gasteiger partial charge in [0.15, 0.2) is 0 Å². The number of carboxylic acid groups (broad SMARTS) is 1. The van der Waals surface area contributed by atoms with Crippen LogP contribution in [0.25, 0.3) is 0 Å². The summed E-state index contributed by atoms with van der Waals surface area (Å²) in [5.74, 6) is -1.34. The number of unbranched alkanes of at least 4 members (excludes halogenated alkanes) is 1. The lowest BCUT2D eigenvalue weighted by molar-refractivity contribution is -0.139. The van der Waals surface area contributed by atoms with Crippen molar-refractivity contribution in [3.63, 3.8) is 0 Å². The fourth-order valence-corrected chi connectivity index (χ4v) is 6.80. The van der Waals surface area contributed by atoms with Crippen molar-refractivity contribution in [3.8, 4) is 0 Å². The number of hydrogen-bond acceptors (Lipinski definition) is 11. The van der Waals surface area contributed by atoms with E-state index < -0.39 is 32.1 Å². The molecule has 0 spiro atoms. The number of aliphatic carboxylic acids is 1. The van der Waals surface area contributed by atoms with Crippen LogP contribution in [0.2, 0.25) is 0 Å². The second-order valence-corrected chi connectivity index (χ2v) is 15.1. The van der Waals surface area contributed by atoms with Crippen molar-refractivity contribution in [2.75, 3.05) is 44.5 Å². The molecular weight excluding hydrogens is 681 g/mol. The average Bonchev–Trinajstić information content (AvgIpc) is 3.09. The van der Waals surface area contributed by atoms with Crippen molar-refractivity contribution >= 4 is 60.1 Å². The van der Waals surface area contributed by atoms with Crippen LogP contribution < -0.4 is 19.2 Å². The summed E-state index contributed by atoms with van der Waals surface area (Å²) < 4.78 is 56.1. The number of nitrogens with zero attached hydrogens (tertiary/aromatic N) is 6. The van der Waals surface area contributed by atoms with Gasteiger partial charge in [-0.05, 0) is 116 Å². The van der Waals surface area contributed by atoms with Gasteiger partial charge in [-0.3, -0.25) is 4.79 Å². The fourth-order valence-electron chi connectivity index (χ4n) is 4.50. The highest BCUT2D eigenvalue weighted by atomic mass is 32.2. The molecule has 0 heterocycles. The van der Waals surface area contributed by atoms with Crippen molar-refractivity contribution in [1.82, 2.24) is 9.44 Å². The monoisotopic (exact) mass is 720 g/mol. The number of sulfonamides is 2. The molecule has 0 radical (unpaired) electrons. The number of nitrogens with one attached hydrogen (secondary N) is 2. The second kappa shape index (κ2) is 17.1. The molecule has 0 bridgehead atoms. The first-order valence-electron chi connectivity index (χ1n) is 15.6. The van der Waals surface area contributed by atoms with Gasteiger partial charge in [0.1, 0.15) is 6.04 Å². The zero-order valence-corrected chi connectivity index (χ0v) is 29.8. The summed E-state index contributed by atoms with van der Waals surface area (Å²) in [4.78, 5) is 15.7. The fraction of sp³-hybridized carbons (Fsp3) is 0.265. The van der Waals surface area contributed by atoms with E-state index in [0.717, 1.165) is 11.4 Å². The summed E-state index contributed by atoms with van der Waals surface area (Å²) >= 11 is 0. The van der Waals surface area contributed by atoms with Crippen LogP contribution in [0.4, 0.5) is 34.1 Å². The SMILES string of the molecule is CN(C)c1ccc(/N=N/c2ccc(S(=O)(=O)NCCCCC(NS(=O)(=O)c3ccc(/N=N/c4ccc(N(C)C)cc4)cc3)C(=O)O)cc2)cc1. The lowest BCUT2D eigenvalue weighted by Gasteiger charge is -2.15. The largest absolute Gasteiger partial charge is 0.480 e. The van der Waals surface area contributed by atoms with Crippen LogP contribution in [0.3, 0.4) is 0 Å². The molecule has 0 saturated heterocycles. The van der Waals surface area contributed by atoms with E-state index in [4.69, 9.17) is 0 Å². The van der Waals surface area contributed by atoms with E-state index in [1.54, 1.807) is 12.1 Å². The van der Waals surface area contributed by atoms with Crippen molar-refractivity contribution in [3.05, 3.63) is 97.1 Å². The number of carbonyl (C=O) groups is 1. The number of hydrogen-bond donors (Lipinski definition) is 3. The van der Waals surface area contributed by atoms with Crippen LogP contribution in [-0.4, -0.2) is 68.7 Å². The number of carboxylic acids is 1. The van der Waals surface area contributed by atoms with Crippen molar-refractivity contribution in [2.24, 2.45) is 20.5 Å². The Morgan fingerprint density at radius 1 is 0.600 bits per heavy atom. The van der Waals surface area contributed by atoms with E-state index in [1.807, 2.05) is 86.5 Å². The third-order valence-electron chi connectivity index (χ3n) is 7.40. The Labute approximate surface area is 292 Å². The zero-order valence-electron chi connectivity index (χ0n) is 28.1.